The number of benzene rings is 2. The Morgan fingerprint density at radius 3 is 1.97 bits per heavy atom. The number of hydrogen-bond donors (Lipinski definition) is 0. The van der Waals surface area contributed by atoms with Gasteiger partial charge in [-0.15, -0.1) is 6.58 Å². The SMILES string of the molecule is C=CCC1(CC(C(C)C)C(/C=C/c2ccccc2)c2ccccc2)C(=O)OC(C)(C)OC1=O. The number of carbonyl (C=O) groups excluding carboxylic acids is 2. The van der Waals surface area contributed by atoms with E-state index in [0.717, 1.165) is 11.1 Å². The van der Waals surface area contributed by atoms with Crippen molar-refractivity contribution in [1.82, 2.24) is 0 Å². The van der Waals surface area contributed by atoms with Gasteiger partial charge in [0.15, 0.2) is 5.41 Å². The molecule has 2 atom stereocenters. The topological polar surface area (TPSA) is 52.6 Å². The quantitative estimate of drug-likeness (QED) is 0.249. The summed E-state index contributed by atoms with van der Waals surface area (Å²) in [5.74, 6) is -2.18. The fraction of sp³-hybridized carbons (Fsp3) is 0.379. The summed E-state index contributed by atoms with van der Waals surface area (Å²) in [4.78, 5) is 26.5. The van der Waals surface area contributed by atoms with Crippen LogP contribution in [0.4, 0.5) is 0 Å². The van der Waals surface area contributed by atoms with Crippen molar-refractivity contribution < 1.29 is 19.1 Å². The minimum absolute atomic E-state index is 0.0105. The van der Waals surface area contributed by atoms with Gasteiger partial charge in [0.05, 0.1) is 0 Å². The number of ether oxygens (including phenoxy) is 2. The molecule has 1 heterocycles. The normalized spacial score (nSPS) is 19.1. The Labute approximate surface area is 197 Å². The van der Waals surface area contributed by atoms with Crippen molar-refractivity contribution in [2.45, 2.75) is 52.2 Å². The van der Waals surface area contributed by atoms with Crippen LogP contribution in [0.15, 0.2) is 79.4 Å². The summed E-state index contributed by atoms with van der Waals surface area (Å²) in [7, 11) is 0. The number of esters is 2. The van der Waals surface area contributed by atoms with E-state index >= 15 is 0 Å². The van der Waals surface area contributed by atoms with E-state index in [1.165, 1.54) is 0 Å². The van der Waals surface area contributed by atoms with Gasteiger partial charge in [0.2, 0.25) is 0 Å². The lowest BCUT2D eigenvalue weighted by atomic mass is 9.67. The molecule has 4 nitrogen and oxygen atoms in total. The molecule has 1 aliphatic heterocycles. The first-order valence-corrected chi connectivity index (χ1v) is 11.5. The Bertz CT molecular complexity index is 969. The van der Waals surface area contributed by atoms with Crippen molar-refractivity contribution in [3.8, 4) is 0 Å². The summed E-state index contributed by atoms with van der Waals surface area (Å²) >= 11 is 0. The van der Waals surface area contributed by atoms with Crippen LogP contribution >= 0.6 is 0 Å². The third-order valence-corrected chi connectivity index (χ3v) is 6.33. The predicted octanol–water partition coefficient (Wildman–Crippen LogP) is 6.54. The van der Waals surface area contributed by atoms with Crippen LogP contribution in [-0.4, -0.2) is 17.7 Å². The second-order valence-corrected chi connectivity index (χ2v) is 9.57. The summed E-state index contributed by atoms with van der Waals surface area (Å²) in [6.45, 7) is 11.2. The minimum atomic E-state index is -1.40. The lowest BCUT2D eigenvalue weighted by molar-refractivity contribution is -0.252. The zero-order valence-electron chi connectivity index (χ0n) is 20.0. The predicted molar refractivity (Wildman–Crippen MR) is 131 cm³/mol. The molecule has 174 valence electrons. The number of carbonyl (C=O) groups is 2. The van der Waals surface area contributed by atoms with Gasteiger partial charge in [-0.25, -0.2) is 0 Å². The molecule has 33 heavy (non-hydrogen) atoms. The maximum Gasteiger partial charge on any atom is 0.327 e. The van der Waals surface area contributed by atoms with Crippen LogP contribution < -0.4 is 0 Å². The second-order valence-electron chi connectivity index (χ2n) is 9.57. The van der Waals surface area contributed by atoms with Gasteiger partial charge in [-0.3, -0.25) is 9.59 Å². The number of rotatable bonds is 9. The Balaban J connectivity index is 2.04. The van der Waals surface area contributed by atoms with E-state index < -0.39 is 23.1 Å². The molecule has 0 N–H and O–H groups in total. The molecule has 2 aromatic rings. The molecule has 0 spiro atoms. The van der Waals surface area contributed by atoms with Crippen LogP contribution in [0.25, 0.3) is 6.08 Å². The second kappa shape index (κ2) is 10.2. The fourth-order valence-electron chi connectivity index (χ4n) is 4.54. The molecule has 2 unspecified atom stereocenters. The van der Waals surface area contributed by atoms with Crippen molar-refractivity contribution in [1.29, 1.82) is 0 Å². The number of allylic oxidation sites excluding steroid dienone is 2. The van der Waals surface area contributed by atoms with Crippen LogP contribution in [0.1, 0.15) is 57.6 Å². The van der Waals surface area contributed by atoms with Crippen molar-refractivity contribution in [2.24, 2.45) is 17.3 Å². The number of cyclic esters (lactones) is 2. The first-order chi connectivity index (χ1) is 15.7. The lowest BCUT2D eigenvalue weighted by Gasteiger charge is -2.43. The van der Waals surface area contributed by atoms with Crippen LogP contribution in [0.2, 0.25) is 0 Å². The monoisotopic (exact) mass is 446 g/mol. The molecule has 1 saturated heterocycles. The highest BCUT2D eigenvalue weighted by molar-refractivity contribution is 6.02. The molecule has 3 rings (SSSR count). The highest BCUT2D eigenvalue weighted by Gasteiger charge is 2.56. The van der Waals surface area contributed by atoms with Crippen LogP contribution in [-0.2, 0) is 19.1 Å². The minimum Gasteiger partial charge on any atom is -0.422 e. The number of hydrogen-bond acceptors (Lipinski definition) is 4. The highest BCUT2D eigenvalue weighted by atomic mass is 16.7. The first kappa shape index (κ1) is 24.5. The smallest absolute Gasteiger partial charge is 0.327 e. The van der Waals surface area contributed by atoms with Crippen LogP contribution in [0, 0.1) is 17.3 Å². The zero-order valence-corrected chi connectivity index (χ0v) is 20.0. The molecule has 4 heteroatoms. The lowest BCUT2D eigenvalue weighted by Crippen LogP contribution is -2.54. The third kappa shape index (κ3) is 5.62. The van der Waals surface area contributed by atoms with E-state index in [9.17, 15) is 9.59 Å². The van der Waals surface area contributed by atoms with E-state index in [4.69, 9.17) is 9.47 Å². The molecular weight excluding hydrogens is 412 g/mol. The summed E-state index contributed by atoms with van der Waals surface area (Å²) in [6, 6.07) is 20.3. The largest absolute Gasteiger partial charge is 0.422 e. The first-order valence-electron chi connectivity index (χ1n) is 11.5. The van der Waals surface area contributed by atoms with Crippen molar-refractivity contribution in [3.05, 3.63) is 90.5 Å². The van der Waals surface area contributed by atoms with E-state index in [0.29, 0.717) is 6.42 Å². The molecule has 2 aromatic carbocycles. The summed E-state index contributed by atoms with van der Waals surface area (Å²) in [6.07, 6.45) is 6.38. The summed E-state index contributed by atoms with van der Waals surface area (Å²) in [5.41, 5.74) is 0.829. The van der Waals surface area contributed by atoms with Gasteiger partial charge in [0.1, 0.15) is 0 Å². The molecule has 0 aromatic heterocycles. The molecule has 0 saturated carbocycles. The molecule has 0 amide bonds. The van der Waals surface area contributed by atoms with Crippen molar-refractivity contribution >= 4 is 18.0 Å². The van der Waals surface area contributed by atoms with Crippen molar-refractivity contribution in [3.63, 3.8) is 0 Å². The summed E-state index contributed by atoms with van der Waals surface area (Å²) < 4.78 is 11.1. The zero-order chi connectivity index (χ0) is 24.1. The molecule has 1 aliphatic rings. The molecule has 1 fully saturated rings. The maximum absolute atomic E-state index is 13.2. The van der Waals surface area contributed by atoms with Gasteiger partial charge in [0, 0.05) is 19.8 Å². The van der Waals surface area contributed by atoms with Crippen LogP contribution in [0.5, 0.6) is 0 Å². The Hall–Kier alpha value is -3.14. The van der Waals surface area contributed by atoms with Crippen LogP contribution in [0.3, 0.4) is 0 Å². The van der Waals surface area contributed by atoms with E-state index in [1.807, 2.05) is 36.4 Å². The Morgan fingerprint density at radius 2 is 1.45 bits per heavy atom. The fourth-order valence-corrected chi connectivity index (χ4v) is 4.54. The highest BCUT2D eigenvalue weighted by Crippen LogP contribution is 2.46. The molecule has 0 aliphatic carbocycles. The van der Waals surface area contributed by atoms with E-state index in [-0.39, 0.29) is 24.2 Å². The van der Waals surface area contributed by atoms with E-state index in [2.05, 4.69) is 56.8 Å². The molecule has 0 radical (unpaired) electrons. The van der Waals surface area contributed by atoms with Gasteiger partial charge in [0.25, 0.3) is 5.79 Å². The van der Waals surface area contributed by atoms with Gasteiger partial charge in [-0.05, 0) is 35.8 Å². The molecule has 0 bridgehead atoms. The standard InChI is InChI=1S/C29H34O4/c1-6-19-29(26(30)32-28(4,5)33-27(29)31)20-25(21(2)3)24(23-15-11-8-12-16-23)18-17-22-13-9-7-10-14-22/h6-18,21,24-25H,1,19-20H2,2-5H3/b18-17+. The third-order valence-electron chi connectivity index (χ3n) is 6.33. The maximum atomic E-state index is 13.2. The van der Waals surface area contributed by atoms with Crippen molar-refractivity contribution in [2.75, 3.05) is 0 Å². The van der Waals surface area contributed by atoms with E-state index in [1.54, 1.807) is 19.9 Å². The Kier molecular flexibility index (Phi) is 7.57. The van der Waals surface area contributed by atoms with Gasteiger partial charge in [-0.1, -0.05) is 92.7 Å². The average Bonchev–Trinajstić information content (AvgIpc) is 2.77. The van der Waals surface area contributed by atoms with Gasteiger partial charge < -0.3 is 9.47 Å². The van der Waals surface area contributed by atoms with Gasteiger partial charge >= 0.3 is 11.9 Å². The van der Waals surface area contributed by atoms with Gasteiger partial charge in [-0.2, -0.15) is 0 Å². The average molecular weight is 447 g/mol. The Morgan fingerprint density at radius 1 is 0.909 bits per heavy atom. The molecular formula is C29H34O4. The summed E-state index contributed by atoms with van der Waals surface area (Å²) in [5, 5.41) is 0.